The number of hydrogen-bond donors (Lipinski definition) is 4. The molecule has 1 fully saturated rings. The Morgan fingerprint density at radius 1 is 1.37 bits per heavy atom. The van der Waals surface area contributed by atoms with Crippen LogP contribution in [-0.2, 0) is 4.74 Å². The van der Waals surface area contributed by atoms with Gasteiger partial charge in [-0.05, 0) is 0 Å². The maximum atomic E-state index is 12.5. The normalized spacial score (nSPS) is 40.6. The van der Waals surface area contributed by atoms with Crippen LogP contribution in [0.2, 0.25) is 0 Å². The van der Waals surface area contributed by atoms with E-state index in [0.29, 0.717) is 5.17 Å². The largest absolute Gasteiger partial charge is 0.417 e. The monoisotopic (exact) mass is 302 g/mol. The van der Waals surface area contributed by atoms with Gasteiger partial charge in [0.2, 0.25) is 0 Å². The number of nitrogens with zero attached hydrogens (tertiary/aromatic N) is 1. The van der Waals surface area contributed by atoms with Gasteiger partial charge in [-0.25, -0.2) is 0 Å². The number of fused-ring (bicyclic) bond motifs is 1. The molecular formula is C9H13F3N2O4S. The molecule has 0 unspecified atom stereocenters. The second-order valence-electron chi connectivity index (χ2n) is 4.23. The first-order valence-corrected chi connectivity index (χ1v) is 6.32. The minimum Gasteiger partial charge on any atom is -0.388 e. The molecule has 19 heavy (non-hydrogen) atoms. The zero-order valence-electron chi connectivity index (χ0n) is 9.70. The van der Waals surface area contributed by atoms with Crippen molar-refractivity contribution in [2.45, 2.75) is 42.1 Å². The molecule has 0 aromatic carbocycles. The summed E-state index contributed by atoms with van der Waals surface area (Å²) in [5.41, 5.74) is -0.872. The fourth-order valence-electron chi connectivity index (χ4n) is 1.95. The molecule has 0 aromatic heterocycles. The summed E-state index contributed by atoms with van der Waals surface area (Å²) in [7, 11) is 1.56. The molecule has 2 rings (SSSR count). The number of aliphatic imine (C=N–C) groups is 1. The van der Waals surface area contributed by atoms with Crippen molar-refractivity contribution >= 4 is 16.9 Å². The Labute approximate surface area is 110 Å². The quantitative estimate of drug-likeness (QED) is 0.499. The lowest BCUT2D eigenvalue weighted by Gasteiger charge is -2.40. The number of alkyl halides is 3. The average Bonchev–Trinajstić information content (AvgIpc) is 2.75. The molecule has 4 N–H and O–H groups in total. The van der Waals surface area contributed by atoms with Crippen molar-refractivity contribution in [1.29, 1.82) is 0 Å². The summed E-state index contributed by atoms with van der Waals surface area (Å²) in [6.07, 6.45) is -13.1. The van der Waals surface area contributed by atoms with Gasteiger partial charge in [0.15, 0.2) is 11.3 Å². The van der Waals surface area contributed by atoms with Crippen LogP contribution in [0.25, 0.3) is 0 Å². The number of nitrogens with one attached hydrogen (secondary N) is 1. The molecule has 2 aliphatic rings. The molecule has 6 atom stereocenters. The van der Waals surface area contributed by atoms with Crippen LogP contribution >= 0.6 is 11.8 Å². The van der Waals surface area contributed by atoms with E-state index in [1.165, 1.54) is 0 Å². The number of ether oxygens (including phenoxy) is 1. The number of aliphatic hydroxyl groups is 3. The predicted molar refractivity (Wildman–Crippen MR) is 60.6 cm³/mol. The van der Waals surface area contributed by atoms with Gasteiger partial charge < -0.3 is 25.4 Å². The number of aliphatic hydroxyl groups excluding tert-OH is 3. The van der Waals surface area contributed by atoms with E-state index in [9.17, 15) is 23.4 Å². The van der Waals surface area contributed by atoms with Gasteiger partial charge in [0.25, 0.3) is 0 Å². The summed E-state index contributed by atoms with van der Waals surface area (Å²) in [6.45, 7) is 0. The van der Waals surface area contributed by atoms with Crippen LogP contribution in [0.4, 0.5) is 13.2 Å². The summed E-state index contributed by atoms with van der Waals surface area (Å²) >= 11 is 0.999. The smallest absolute Gasteiger partial charge is 0.388 e. The molecule has 10 heteroatoms. The maximum absolute atomic E-state index is 12.5. The number of thioether (sulfide) groups is 1. The van der Waals surface area contributed by atoms with Crippen molar-refractivity contribution in [3.63, 3.8) is 0 Å². The van der Waals surface area contributed by atoms with Crippen molar-refractivity contribution in [2.24, 2.45) is 4.99 Å². The first kappa shape index (κ1) is 14.9. The molecule has 110 valence electrons. The highest BCUT2D eigenvalue weighted by Crippen LogP contribution is 2.38. The zero-order valence-corrected chi connectivity index (χ0v) is 10.5. The highest BCUT2D eigenvalue weighted by Gasteiger charge is 2.55. The minimum atomic E-state index is -4.94. The molecule has 0 spiro atoms. The van der Waals surface area contributed by atoms with Crippen molar-refractivity contribution in [3.05, 3.63) is 0 Å². The van der Waals surface area contributed by atoms with Gasteiger partial charge in [0.05, 0.1) is 0 Å². The van der Waals surface area contributed by atoms with Crippen molar-refractivity contribution in [1.82, 2.24) is 5.32 Å². The third kappa shape index (κ3) is 2.68. The van der Waals surface area contributed by atoms with Gasteiger partial charge >= 0.3 is 6.18 Å². The van der Waals surface area contributed by atoms with Gasteiger partial charge in [0.1, 0.15) is 29.8 Å². The van der Waals surface area contributed by atoms with E-state index in [1.807, 2.05) is 0 Å². The van der Waals surface area contributed by atoms with Crippen LogP contribution in [0, 0.1) is 0 Å². The second-order valence-corrected chi connectivity index (χ2v) is 5.32. The zero-order chi connectivity index (χ0) is 14.4. The Morgan fingerprint density at radius 2 is 2.00 bits per heavy atom. The van der Waals surface area contributed by atoms with E-state index in [4.69, 9.17) is 9.84 Å². The van der Waals surface area contributed by atoms with Gasteiger partial charge in [-0.3, -0.25) is 4.99 Å². The Kier molecular flexibility index (Phi) is 3.98. The summed E-state index contributed by atoms with van der Waals surface area (Å²) < 4.78 is 42.4. The number of amidine groups is 1. The first-order valence-electron chi connectivity index (χ1n) is 5.44. The molecule has 0 bridgehead atoms. The number of hydrogen-bond acceptors (Lipinski definition) is 7. The highest BCUT2D eigenvalue weighted by atomic mass is 32.2. The van der Waals surface area contributed by atoms with Crippen LogP contribution in [0.1, 0.15) is 0 Å². The molecule has 0 aromatic rings. The Morgan fingerprint density at radius 3 is 2.53 bits per heavy atom. The van der Waals surface area contributed by atoms with Gasteiger partial charge in [-0.2, -0.15) is 13.2 Å². The summed E-state index contributed by atoms with van der Waals surface area (Å²) in [5.74, 6) is 0. The van der Waals surface area contributed by atoms with E-state index in [1.54, 1.807) is 7.05 Å². The van der Waals surface area contributed by atoms with E-state index >= 15 is 0 Å². The Hall–Kier alpha value is -0.550. The Bertz CT molecular complexity index is 381. The maximum Gasteiger partial charge on any atom is 0.417 e. The number of rotatable bonds is 1. The van der Waals surface area contributed by atoms with E-state index in [0.717, 1.165) is 11.8 Å². The van der Waals surface area contributed by atoms with Crippen LogP contribution in [0.5, 0.6) is 0 Å². The lowest BCUT2D eigenvalue weighted by atomic mass is 9.94. The lowest BCUT2D eigenvalue weighted by Crippen LogP contribution is -2.60. The van der Waals surface area contributed by atoms with Crippen LogP contribution < -0.4 is 5.32 Å². The summed E-state index contributed by atoms with van der Waals surface area (Å²) in [6, 6.07) is -0.862. The van der Waals surface area contributed by atoms with E-state index < -0.39 is 42.1 Å². The molecule has 1 saturated heterocycles. The fraction of sp³-hybridized carbons (Fsp3) is 0.889. The summed E-state index contributed by atoms with van der Waals surface area (Å²) in [4.78, 5) is 3.99. The fourth-order valence-corrected chi connectivity index (χ4v) is 3.02. The van der Waals surface area contributed by atoms with Gasteiger partial charge in [0, 0.05) is 7.05 Å². The van der Waals surface area contributed by atoms with Crippen molar-refractivity contribution in [3.8, 4) is 0 Å². The highest BCUT2D eigenvalue weighted by molar-refractivity contribution is 8.14. The van der Waals surface area contributed by atoms with Crippen molar-refractivity contribution < 1.29 is 33.2 Å². The lowest BCUT2D eigenvalue weighted by molar-refractivity contribution is -0.271. The van der Waals surface area contributed by atoms with Crippen LogP contribution in [-0.4, -0.2) is 69.6 Å². The average molecular weight is 302 g/mol. The van der Waals surface area contributed by atoms with Gasteiger partial charge in [-0.15, -0.1) is 0 Å². The third-order valence-electron chi connectivity index (χ3n) is 2.96. The first-order chi connectivity index (χ1) is 8.75. The predicted octanol–water partition coefficient (Wildman–Crippen LogP) is -0.953. The standard InChI is InChI=1S/C9H13F3N2O4S/c1-13-8-14-2-3(15)4(16)5(18-7(2)19-8)6(17)9(10,11)12/h2-7,15-17H,1H3,(H,13,14)/t2-,3-,4+,5+,6+,7-/m1/s1. The molecule has 2 heterocycles. The van der Waals surface area contributed by atoms with Crippen molar-refractivity contribution in [2.75, 3.05) is 7.05 Å². The van der Waals surface area contributed by atoms with Crippen LogP contribution in [0.3, 0.4) is 0 Å². The molecule has 0 radical (unpaired) electrons. The molecule has 0 amide bonds. The third-order valence-corrected chi connectivity index (χ3v) is 4.12. The number of halogens is 3. The molecule has 0 aliphatic carbocycles. The second kappa shape index (κ2) is 5.09. The molecular weight excluding hydrogens is 289 g/mol. The molecule has 6 nitrogen and oxygen atoms in total. The molecule has 2 aliphatic heterocycles. The SMILES string of the molecule is CNC1=N[C@@H]2[C@@H](O)[C@H](O)[C@@H]([C@H](O)C(F)(F)F)O[C@@H]2S1. The Balaban J connectivity index is 2.16. The minimum absolute atomic E-state index is 0.392. The van der Waals surface area contributed by atoms with Gasteiger partial charge in [-0.1, -0.05) is 11.8 Å². The summed E-state index contributed by atoms with van der Waals surface area (Å²) in [5, 5.41) is 31.7. The van der Waals surface area contributed by atoms with E-state index in [2.05, 4.69) is 10.3 Å². The van der Waals surface area contributed by atoms with E-state index in [-0.39, 0.29) is 0 Å². The topological polar surface area (TPSA) is 94.3 Å². The molecule has 0 saturated carbocycles. The van der Waals surface area contributed by atoms with Crippen LogP contribution in [0.15, 0.2) is 4.99 Å².